The van der Waals surface area contributed by atoms with Gasteiger partial charge < -0.3 is 0 Å². The SMILES string of the molecule is CC.Cn1ccc(F)n1. The van der Waals surface area contributed by atoms with Gasteiger partial charge in [0.25, 0.3) is 0 Å². The minimum atomic E-state index is -0.428. The molecule has 1 heterocycles. The van der Waals surface area contributed by atoms with E-state index in [0.29, 0.717) is 0 Å². The van der Waals surface area contributed by atoms with E-state index in [9.17, 15) is 4.39 Å². The van der Waals surface area contributed by atoms with Crippen molar-refractivity contribution in [2.24, 2.45) is 7.05 Å². The lowest BCUT2D eigenvalue weighted by atomic mass is 10.7. The highest BCUT2D eigenvalue weighted by molar-refractivity contribution is 4.80. The topological polar surface area (TPSA) is 17.8 Å². The molecule has 0 spiro atoms. The molecule has 0 unspecified atom stereocenters. The molecule has 1 aromatic heterocycles. The molecule has 0 aliphatic heterocycles. The summed E-state index contributed by atoms with van der Waals surface area (Å²) in [5.41, 5.74) is 0. The average molecular weight is 130 g/mol. The molecule has 0 radical (unpaired) electrons. The molecule has 2 nitrogen and oxygen atoms in total. The highest BCUT2D eigenvalue weighted by Gasteiger charge is 1.86. The van der Waals surface area contributed by atoms with E-state index in [4.69, 9.17) is 0 Å². The maximum atomic E-state index is 11.8. The third-order valence-corrected chi connectivity index (χ3v) is 0.681. The molecule has 0 amide bonds. The molecule has 0 aliphatic carbocycles. The molecule has 0 atom stereocenters. The van der Waals surface area contributed by atoms with Crippen molar-refractivity contribution in [3.8, 4) is 0 Å². The standard InChI is InChI=1S/C4H5FN2.C2H6/c1-7-3-2-4(5)6-7;1-2/h2-3H,1H3;1-2H3. The first-order valence-electron chi connectivity index (χ1n) is 2.94. The van der Waals surface area contributed by atoms with Gasteiger partial charge in [0.05, 0.1) is 0 Å². The fraction of sp³-hybridized carbons (Fsp3) is 0.500. The van der Waals surface area contributed by atoms with E-state index in [1.807, 2.05) is 13.8 Å². The lowest BCUT2D eigenvalue weighted by molar-refractivity contribution is 0.553. The Labute approximate surface area is 54.3 Å². The first-order valence-corrected chi connectivity index (χ1v) is 2.94. The molecule has 1 aromatic rings. The average Bonchev–Trinajstić information content (AvgIpc) is 2.20. The van der Waals surface area contributed by atoms with Crippen molar-refractivity contribution in [1.29, 1.82) is 0 Å². The van der Waals surface area contributed by atoms with Crippen LogP contribution >= 0.6 is 0 Å². The molecular formula is C6H11FN2. The number of aromatic nitrogens is 2. The van der Waals surface area contributed by atoms with Crippen LogP contribution in [0.5, 0.6) is 0 Å². The maximum Gasteiger partial charge on any atom is 0.232 e. The Morgan fingerprint density at radius 3 is 2.22 bits per heavy atom. The summed E-state index contributed by atoms with van der Waals surface area (Å²) in [7, 11) is 1.67. The third-order valence-electron chi connectivity index (χ3n) is 0.681. The van der Waals surface area contributed by atoms with E-state index in [-0.39, 0.29) is 0 Å². The zero-order valence-corrected chi connectivity index (χ0v) is 5.93. The van der Waals surface area contributed by atoms with Gasteiger partial charge in [-0.1, -0.05) is 13.8 Å². The molecule has 0 aliphatic rings. The summed E-state index contributed by atoms with van der Waals surface area (Å²) in [5.74, 6) is -0.428. The van der Waals surface area contributed by atoms with Crippen LogP contribution in [0, 0.1) is 5.95 Å². The fourth-order valence-electron chi connectivity index (χ4n) is 0.387. The Bertz CT molecular complexity index is 143. The number of nitrogens with zero attached hydrogens (tertiary/aromatic N) is 2. The lowest BCUT2D eigenvalue weighted by Crippen LogP contribution is -1.86. The van der Waals surface area contributed by atoms with Gasteiger partial charge >= 0.3 is 0 Å². The quantitative estimate of drug-likeness (QED) is 0.521. The summed E-state index contributed by atoms with van der Waals surface area (Å²) in [4.78, 5) is 0. The van der Waals surface area contributed by atoms with Crippen LogP contribution < -0.4 is 0 Å². The van der Waals surface area contributed by atoms with Crippen molar-refractivity contribution in [1.82, 2.24) is 9.78 Å². The number of halogens is 1. The van der Waals surface area contributed by atoms with Crippen LogP contribution in [0.1, 0.15) is 13.8 Å². The minimum absolute atomic E-state index is 0.428. The zero-order valence-electron chi connectivity index (χ0n) is 5.93. The first kappa shape index (κ1) is 8.14. The molecule has 0 saturated carbocycles. The molecule has 1 rings (SSSR count). The molecule has 0 aromatic carbocycles. The maximum absolute atomic E-state index is 11.8. The second-order valence-electron chi connectivity index (χ2n) is 1.31. The van der Waals surface area contributed by atoms with Crippen molar-refractivity contribution in [3.05, 3.63) is 18.2 Å². The fourth-order valence-corrected chi connectivity index (χ4v) is 0.387. The summed E-state index contributed by atoms with van der Waals surface area (Å²) in [6.45, 7) is 4.00. The number of rotatable bonds is 0. The van der Waals surface area contributed by atoms with Gasteiger partial charge in [-0.15, -0.1) is 5.10 Å². The first-order chi connectivity index (χ1) is 4.29. The third kappa shape index (κ3) is 2.85. The number of hydrogen-bond acceptors (Lipinski definition) is 1. The van der Waals surface area contributed by atoms with E-state index in [0.717, 1.165) is 0 Å². The minimum Gasteiger partial charge on any atom is -0.273 e. The van der Waals surface area contributed by atoms with Gasteiger partial charge in [0, 0.05) is 19.3 Å². The lowest BCUT2D eigenvalue weighted by Gasteiger charge is -1.78. The van der Waals surface area contributed by atoms with Gasteiger partial charge in [0.2, 0.25) is 5.95 Å². The monoisotopic (exact) mass is 130 g/mol. The Hall–Kier alpha value is -0.860. The van der Waals surface area contributed by atoms with Gasteiger partial charge in [0.15, 0.2) is 0 Å². The summed E-state index contributed by atoms with van der Waals surface area (Å²) >= 11 is 0. The van der Waals surface area contributed by atoms with Crippen LogP contribution in [0.3, 0.4) is 0 Å². The molecule has 52 valence electrons. The van der Waals surface area contributed by atoms with E-state index in [2.05, 4.69) is 5.10 Å². The normalized spacial score (nSPS) is 8.00. The molecule has 9 heavy (non-hydrogen) atoms. The van der Waals surface area contributed by atoms with Gasteiger partial charge in [-0.05, 0) is 0 Å². The summed E-state index contributed by atoms with van der Waals surface area (Å²) in [6, 6.07) is 1.31. The highest BCUT2D eigenvalue weighted by atomic mass is 19.1. The molecule has 0 saturated heterocycles. The smallest absolute Gasteiger partial charge is 0.232 e. The zero-order chi connectivity index (χ0) is 7.28. The van der Waals surface area contributed by atoms with Crippen molar-refractivity contribution >= 4 is 0 Å². The van der Waals surface area contributed by atoms with Crippen LogP contribution in [0.4, 0.5) is 4.39 Å². The predicted molar refractivity (Wildman–Crippen MR) is 34.5 cm³/mol. The predicted octanol–water partition coefficient (Wildman–Crippen LogP) is 1.59. The van der Waals surface area contributed by atoms with Crippen LogP contribution in [-0.4, -0.2) is 9.78 Å². The van der Waals surface area contributed by atoms with Gasteiger partial charge in [-0.3, -0.25) is 4.68 Å². The van der Waals surface area contributed by atoms with Crippen molar-refractivity contribution in [3.63, 3.8) is 0 Å². The van der Waals surface area contributed by atoms with E-state index in [1.165, 1.54) is 10.7 Å². The van der Waals surface area contributed by atoms with Crippen LogP contribution in [0.15, 0.2) is 12.3 Å². The molecule has 0 fully saturated rings. The number of aryl methyl sites for hydroxylation is 1. The Kier molecular flexibility index (Phi) is 3.67. The van der Waals surface area contributed by atoms with E-state index >= 15 is 0 Å². The molecular weight excluding hydrogens is 119 g/mol. The molecule has 3 heteroatoms. The summed E-state index contributed by atoms with van der Waals surface area (Å²) in [5, 5.41) is 3.36. The molecule has 0 bridgehead atoms. The molecule has 0 N–H and O–H groups in total. The summed E-state index contributed by atoms with van der Waals surface area (Å²) < 4.78 is 13.2. The van der Waals surface area contributed by atoms with Crippen LogP contribution in [0.25, 0.3) is 0 Å². The largest absolute Gasteiger partial charge is 0.273 e. The van der Waals surface area contributed by atoms with Crippen molar-refractivity contribution in [2.75, 3.05) is 0 Å². The van der Waals surface area contributed by atoms with E-state index < -0.39 is 5.95 Å². The van der Waals surface area contributed by atoms with Gasteiger partial charge in [-0.2, -0.15) is 4.39 Å². The Morgan fingerprint density at radius 2 is 2.11 bits per heavy atom. The highest BCUT2D eigenvalue weighted by Crippen LogP contribution is 1.86. The van der Waals surface area contributed by atoms with E-state index in [1.54, 1.807) is 13.2 Å². The summed E-state index contributed by atoms with van der Waals surface area (Å²) in [6.07, 6.45) is 1.55. The number of hydrogen-bond donors (Lipinski definition) is 0. The van der Waals surface area contributed by atoms with Gasteiger partial charge in [-0.25, -0.2) is 0 Å². The second-order valence-corrected chi connectivity index (χ2v) is 1.31. The van der Waals surface area contributed by atoms with Gasteiger partial charge in [0.1, 0.15) is 0 Å². The van der Waals surface area contributed by atoms with Crippen molar-refractivity contribution < 1.29 is 4.39 Å². The Balaban J connectivity index is 0.000000291. The Morgan fingerprint density at radius 1 is 1.56 bits per heavy atom. The second kappa shape index (κ2) is 4.06. The van der Waals surface area contributed by atoms with Crippen LogP contribution in [-0.2, 0) is 7.05 Å². The van der Waals surface area contributed by atoms with Crippen molar-refractivity contribution in [2.45, 2.75) is 13.8 Å². The van der Waals surface area contributed by atoms with Crippen LogP contribution in [0.2, 0.25) is 0 Å².